The first-order valence-corrected chi connectivity index (χ1v) is 8.16. The summed E-state index contributed by atoms with van der Waals surface area (Å²) in [5, 5.41) is 2.76. The summed E-state index contributed by atoms with van der Waals surface area (Å²) in [6.07, 6.45) is 4.65. The molecule has 0 fully saturated rings. The van der Waals surface area contributed by atoms with Crippen LogP contribution in [0.5, 0.6) is 0 Å². The van der Waals surface area contributed by atoms with Gasteiger partial charge >= 0.3 is 0 Å². The minimum Gasteiger partial charge on any atom is -0.465 e. The summed E-state index contributed by atoms with van der Waals surface area (Å²) >= 11 is 0. The average molecular weight is 355 g/mol. The van der Waals surface area contributed by atoms with E-state index < -0.39 is 11.8 Å². The van der Waals surface area contributed by atoms with E-state index in [9.17, 15) is 14.4 Å². The molecule has 3 amide bonds. The third-order valence-electron chi connectivity index (χ3n) is 3.27. The third-order valence-corrected chi connectivity index (χ3v) is 3.27. The number of furan rings is 1. The highest BCUT2D eigenvalue weighted by atomic mass is 16.3. The van der Waals surface area contributed by atoms with Crippen molar-refractivity contribution in [2.45, 2.75) is 20.3 Å². The maximum atomic E-state index is 12.0. The molecule has 1 aromatic heterocycles. The van der Waals surface area contributed by atoms with E-state index in [1.807, 2.05) is 13.8 Å². The molecule has 1 aromatic carbocycles. The van der Waals surface area contributed by atoms with E-state index in [-0.39, 0.29) is 11.8 Å². The molecule has 0 unspecified atom stereocenters. The highest BCUT2D eigenvalue weighted by molar-refractivity contribution is 5.98. The van der Waals surface area contributed by atoms with Gasteiger partial charge in [-0.3, -0.25) is 25.2 Å². The van der Waals surface area contributed by atoms with Crippen molar-refractivity contribution in [1.29, 1.82) is 0 Å². The first-order chi connectivity index (χ1) is 12.4. The predicted octanol–water partition coefficient (Wildman–Crippen LogP) is 2.74. The fourth-order valence-corrected chi connectivity index (χ4v) is 2.06. The van der Waals surface area contributed by atoms with E-state index in [0.29, 0.717) is 23.4 Å². The number of carbonyl (C=O) groups is 3. The molecule has 0 spiro atoms. The average Bonchev–Trinajstić information content (AvgIpc) is 3.11. The first-order valence-electron chi connectivity index (χ1n) is 8.16. The molecule has 0 radical (unpaired) electrons. The van der Waals surface area contributed by atoms with E-state index in [0.717, 1.165) is 0 Å². The summed E-state index contributed by atoms with van der Waals surface area (Å²) in [6, 6.07) is 9.78. The predicted molar refractivity (Wildman–Crippen MR) is 97.9 cm³/mol. The Morgan fingerprint density at radius 2 is 1.81 bits per heavy atom. The number of hydrogen-bond donors (Lipinski definition) is 3. The summed E-state index contributed by atoms with van der Waals surface area (Å²) in [6.45, 7) is 3.93. The van der Waals surface area contributed by atoms with E-state index in [2.05, 4.69) is 16.2 Å². The molecular weight excluding hydrogens is 334 g/mol. The van der Waals surface area contributed by atoms with Gasteiger partial charge in [0.25, 0.3) is 11.8 Å². The van der Waals surface area contributed by atoms with Crippen LogP contribution in [0.1, 0.15) is 36.4 Å². The van der Waals surface area contributed by atoms with Gasteiger partial charge in [-0.25, -0.2) is 0 Å². The van der Waals surface area contributed by atoms with Gasteiger partial charge in [0.2, 0.25) is 5.91 Å². The highest BCUT2D eigenvalue weighted by Crippen LogP contribution is 2.11. The molecule has 1 heterocycles. The fraction of sp³-hybridized carbons (Fsp3) is 0.211. The Balaban J connectivity index is 1.82. The van der Waals surface area contributed by atoms with Crippen LogP contribution in [0.4, 0.5) is 5.69 Å². The van der Waals surface area contributed by atoms with Crippen LogP contribution in [-0.2, 0) is 9.59 Å². The Bertz CT molecular complexity index is 778. The Hall–Kier alpha value is -3.35. The summed E-state index contributed by atoms with van der Waals surface area (Å²) in [5.74, 6) is -0.239. The zero-order chi connectivity index (χ0) is 18.9. The Kier molecular flexibility index (Phi) is 6.73. The number of hydrogen-bond acceptors (Lipinski definition) is 4. The smallest absolute Gasteiger partial charge is 0.269 e. The second-order valence-electron chi connectivity index (χ2n) is 6.02. The first kappa shape index (κ1) is 19.0. The Labute approximate surface area is 151 Å². The fourth-order valence-electron chi connectivity index (χ4n) is 2.06. The summed E-state index contributed by atoms with van der Waals surface area (Å²) in [7, 11) is 0. The molecular formula is C19H21N3O4. The molecule has 0 aliphatic heterocycles. The normalized spacial score (nSPS) is 10.7. The van der Waals surface area contributed by atoms with Gasteiger partial charge in [-0.2, -0.15) is 0 Å². The van der Waals surface area contributed by atoms with Crippen molar-refractivity contribution in [3.63, 3.8) is 0 Å². The monoisotopic (exact) mass is 355 g/mol. The second kappa shape index (κ2) is 9.22. The van der Waals surface area contributed by atoms with Crippen LogP contribution in [0.2, 0.25) is 0 Å². The van der Waals surface area contributed by atoms with E-state index >= 15 is 0 Å². The third kappa shape index (κ3) is 6.27. The minimum atomic E-state index is -0.493. The largest absolute Gasteiger partial charge is 0.465 e. The van der Waals surface area contributed by atoms with Crippen LogP contribution in [0.15, 0.2) is 53.2 Å². The molecule has 26 heavy (non-hydrogen) atoms. The van der Waals surface area contributed by atoms with Crippen molar-refractivity contribution in [2.24, 2.45) is 5.92 Å². The lowest BCUT2D eigenvalue weighted by Gasteiger charge is -2.08. The molecule has 136 valence electrons. The number of anilines is 1. The highest BCUT2D eigenvalue weighted by Gasteiger charge is 2.08. The molecule has 0 saturated heterocycles. The number of nitrogens with one attached hydrogen (secondary N) is 3. The van der Waals surface area contributed by atoms with Crippen LogP contribution in [0.25, 0.3) is 6.08 Å². The summed E-state index contributed by atoms with van der Waals surface area (Å²) in [5.41, 5.74) is 5.54. The molecule has 0 aliphatic rings. The molecule has 7 nitrogen and oxygen atoms in total. The standard InChI is InChI=1S/C19H21N3O4/c1-13(2)12-18(24)20-15-7-5-14(6-8-15)19(25)22-21-17(23)10-9-16-4-3-11-26-16/h3-11,13H,12H2,1-2H3,(H,20,24)(H,21,23)(H,22,25)/b10-9+. The van der Waals surface area contributed by atoms with Crippen molar-refractivity contribution >= 4 is 29.5 Å². The number of hydrazine groups is 1. The maximum absolute atomic E-state index is 12.0. The van der Waals surface area contributed by atoms with Gasteiger partial charge in [-0.15, -0.1) is 0 Å². The lowest BCUT2D eigenvalue weighted by Crippen LogP contribution is -2.40. The van der Waals surface area contributed by atoms with Gasteiger partial charge in [-0.05, 0) is 48.4 Å². The van der Waals surface area contributed by atoms with Crippen molar-refractivity contribution in [3.05, 3.63) is 60.1 Å². The van der Waals surface area contributed by atoms with E-state index in [4.69, 9.17) is 4.42 Å². The SMILES string of the molecule is CC(C)CC(=O)Nc1ccc(C(=O)NNC(=O)/C=C/c2ccco2)cc1. The topological polar surface area (TPSA) is 100 Å². The van der Waals surface area contributed by atoms with Crippen LogP contribution in [-0.4, -0.2) is 17.7 Å². The molecule has 0 bridgehead atoms. The molecule has 7 heteroatoms. The molecule has 3 N–H and O–H groups in total. The van der Waals surface area contributed by atoms with Crippen LogP contribution in [0.3, 0.4) is 0 Å². The van der Waals surface area contributed by atoms with E-state index in [1.54, 1.807) is 36.4 Å². The lowest BCUT2D eigenvalue weighted by molar-refractivity contribution is -0.117. The van der Waals surface area contributed by atoms with Gasteiger partial charge in [0, 0.05) is 23.7 Å². The van der Waals surface area contributed by atoms with Gasteiger partial charge in [0.05, 0.1) is 6.26 Å². The lowest BCUT2D eigenvalue weighted by atomic mass is 10.1. The number of amides is 3. The van der Waals surface area contributed by atoms with Crippen molar-refractivity contribution in [3.8, 4) is 0 Å². The molecule has 2 rings (SSSR count). The number of rotatable bonds is 6. The van der Waals surface area contributed by atoms with Crippen molar-refractivity contribution in [1.82, 2.24) is 10.9 Å². The maximum Gasteiger partial charge on any atom is 0.269 e. The number of carbonyl (C=O) groups excluding carboxylic acids is 3. The van der Waals surface area contributed by atoms with Gasteiger partial charge in [-0.1, -0.05) is 13.8 Å². The Morgan fingerprint density at radius 1 is 1.08 bits per heavy atom. The van der Waals surface area contributed by atoms with Gasteiger partial charge in [0.15, 0.2) is 0 Å². The summed E-state index contributed by atoms with van der Waals surface area (Å²) in [4.78, 5) is 35.4. The van der Waals surface area contributed by atoms with E-state index in [1.165, 1.54) is 18.4 Å². The van der Waals surface area contributed by atoms with Crippen LogP contribution in [0, 0.1) is 5.92 Å². The van der Waals surface area contributed by atoms with Crippen molar-refractivity contribution in [2.75, 3.05) is 5.32 Å². The minimum absolute atomic E-state index is 0.0761. The zero-order valence-electron chi connectivity index (χ0n) is 14.6. The zero-order valence-corrected chi connectivity index (χ0v) is 14.6. The Morgan fingerprint density at radius 3 is 2.42 bits per heavy atom. The second-order valence-corrected chi connectivity index (χ2v) is 6.02. The summed E-state index contributed by atoms with van der Waals surface area (Å²) < 4.78 is 5.05. The van der Waals surface area contributed by atoms with Crippen molar-refractivity contribution < 1.29 is 18.8 Å². The molecule has 0 aliphatic carbocycles. The number of benzene rings is 1. The van der Waals surface area contributed by atoms with Gasteiger partial charge < -0.3 is 9.73 Å². The van der Waals surface area contributed by atoms with Crippen LogP contribution >= 0.6 is 0 Å². The molecule has 2 aromatic rings. The van der Waals surface area contributed by atoms with Crippen LogP contribution < -0.4 is 16.2 Å². The molecule has 0 atom stereocenters. The quantitative estimate of drug-likeness (QED) is 0.548. The molecule has 0 saturated carbocycles. The van der Waals surface area contributed by atoms with Gasteiger partial charge in [0.1, 0.15) is 5.76 Å².